The van der Waals surface area contributed by atoms with E-state index in [0.29, 0.717) is 6.04 Å². The number of benzene rings is 1. The molecule has 7 nitrogen and oxygen atoms in total. The summed E-state index contributed by atoms with van der Waals surface area (Å²) in [5, 5.41) is 15.8. The molecule has 0 aliphatic carbocycles. The number of nitrogens with zero attached hydrogens (tertiary/aromatic N) is 5. The average molecular weight is 442 g/mol. The maximum atomic E-state index is 13.5. The summed E-state index contributed by atoms with van der Waals surface area (Å²) in [4.78, 5) is 7.06. The van der Waals surface area contributed by atoms with Crippen LogP contribution in [-0.4, -0.2) is 52.9 Å². The second-order valence-corrected chi connectivity index (χ2v) is 8.74. The summed E-state index contributed by atoms with van der Waals surface area (Å²) < 4.78 is 15.8. The number of hydrogen-bond acceptors (Lipinski definition) is 4. The molecule has 2 aromatic rings. The smallest absolute Gasteiger partial charge is 0.191 e. The van der Waals surface area contributed by atoms with Crippen LogP contribution in [0.3, 0.4) is 0 Å². The van der Waals surface area contributed by atoms with Crippen LogP contribution in [-0.2, 0) is 19.4 Å². The van der Waals surface area contributed by atoms with Crippen LogP contribution in [0.2, 0.25) is 0 Å². The Bertz CT molecular complexity index is 886. The molecule has 3 heterocycles. The molecule has 2 aliphatic heterocycles. The van der Waals surface area contributed by atoms with Gasteiger partial charge in [-0.2, -0.15) is 0 Å². The summed E-state index contributed by atoms with van der Waals surface area (Å²) in [5.74, 6) is 2.98. The molecule has 2 aliphatic rings. The summed E-state index contributed by atoms with van der Waals surface area (Å²) in [5.41, 5.74) is 0.968. The van der Waals surface area contributed by atoms with Crippen LogP contribution in [0.4, 0.5) is 10.1 Å². The fourth-order valence-corrected chi connectivity index (χ4v) is 4.63. The Morgan fingerprint density at radius 1 is 1.16 bits per heavy atom. The van der Waals surface area contributed by atoms with Crippen molar-refractivity contribution >= 4 is 11.6 Å². The second-order valence-electron chi connectivity index (χ2n) is 8.74. The molecule has 8 heteroatoms. The monoisotopic (exact) mass is 441 g/mol. The van der Waals surface area contributed by atoms with Crippen LogP contribution in [0.15, 0.2) is 29.3 Å². The first-order valence-corrected chi connectivity index (χ1v) is 12.2. The summed E-state index contributed by atoms with van der Waals surface area (Å²) in [6.45, 7) is 6.58. The van der Waals surface area contributed by atoms with Crippen molar-refractivity contribution in [2.45, 2.75) is 70.9 Å². The summed E-state index contributed by atoms with van der Waals surface area (Å²) in [6.07, 6.45) is 8.68. The lowest BCUT2D eigenvalue weighted by molar-refractivity contribution is 0.461. The Kier molecular flexibility index (Phi) is 7.96. The molecule has 174 valence electrons. The maximum absolute atomic E-state index is 13.5. The normalized spacial score (nSPS) is 17.7. The number of nitrogens with one attached hydrogen (secondary N) is 2. The lowest BCUT2D eigenvalue weighted by atomic mass is 10.0. The average Bonchev–Trinajstić information content (AvgIpc) is 3.03. The number of halogens is 1. The van der Waals surface area contributed by atoms with E-state index >= 15 is 0 Å². The maximum Gasteiger partial charge on any atom is 0.191 e. The third-order valence-corrected chi connectivity index (χ3v) is 6.37. The van der Waals surface area contributed by atoms with Crippen LogP contribution in [0.1, 0.15) is 57.1 Å². The van der Waals surface area contributed by atoms with Gasteiger partial charge in [0, 0.05) is 57.3 Å². The van der Waals surface area contributed by atoms with Gasteiger partial charge in [-0.15, -0.1) is 10.2 Å². The third-order valence-electron chi connectivity index (χ3n) is 6.37. The first-order valence-electron chi connectivity index (χ1n) is 12.2. The number of piperidine rings is 1. The molecule has 1 aromatic heterocycles. The van der Waals surface area contributed by atoms with E-state index in [9.17, 15) is 4.39 Å². The Morgan fingerprint density at radius 3 is 2.84 bits per heavy atom. The van der Waals surface area contributed by atoms with E-state index in [1.807, 2.05) is 6.07 Å². The fourth-order valence-electron chi connectivity index (χ4n) is 4.63. The SMILES string of the molecule is CCNC(=NCCCc1nnc2n1CCCCC2)NC1CCN(c2cccc(F)c2)CC1. The van der Waals surface area contributed by atoms with E-state index in [0.717, 1.165) is 88.1 Å². The molecule has 0 saturated carbocycles. The van der Waals surface area contributed by atoms with Gasteiger partial charge in [-0.25, -0.2) is 4.39 Å². The van der Waals surface area contributed by atoms with Crippen LogP contribution in [0.25, 0.3) is 0 Å². The standard InChI is InChI=1S/C24H36FN7/c1-2-26-24(27-14-7-11-23-30-29-22-10-4-3-5-15-32(22)23)28-20-12-16-31(17-13-20)21-9-6-8-19(25)18-21/h6,8-9,18,20H,2-5,7,10-17H2,1H3,(H2,26,27,28). The number of anilines is 1. The van der Waals surface area contributed by atoms with Gasteiger partial charge < -0.3 is 20.1 Å². The van der Waals surface area contributed by atoms with Crippen molar-refractivity contribution in [2.75, 3.05) is 31.1 Å². The van der Waals surface area contributed by atoms with Crippen LogP contribution in [0, 0.1) is 5.82 Å². The third kappa shape index (κ3) is 5.99. The second kappa shape index (κ2) is 11.3. The minimum absolute atomic E-state index is 0.175. The highest BCUT2D eigenvalue weighted by Gasteiger charge is 2.20. The molecular formula is C24H36FN7. The first kappa shape index (κ1) is 22.6. The van der Waals surface area contributed by atoms with Crippen molar-refractivity contribution in [3.63, 3.8) is 0 Å². The van der Waals surface area contributed by atoms with E-state index in [-0.39, 0.29) is 5.82 Å². The Morgan fingerprint density at radius 2 is 2.03 bits per heavy atom. The van der Waals surface area contributed by atoms with Gasteiger partial charge in [-0.05, 0) is 57.2 Å². The lowest BCUT2D eigenvalue weighted by Crippen LogP contribution is -2.48. The zero-order valence-corrected chi connectivity index (χ0v) is 19.2. The highest BCUT2D eigenvalue weighted by molar-refractivity contribution is 5.80. The van der Waals surface area contributed by atoms with Gasteiger partial charge in [0.1, 0.15) is 17.5 Å². The fraction of sp³-hybridized carbons (Fsp3) is 0.625. The molecule has 0 amide bonds. The van der Waals surface area contributed by atoms with Gasteiger partial charge >= 0.3 is 0 Å². The molecule has 0 spiro atoms. The molecule has 0 radical (unpaired) electrons. The Labute approximate surface area is 190 Å². The van der Waals surface area contributed by atoms with Crippen LogP contribution in [0.5, 0.6) is 0 Å². The number of fused-ring (bicyclic) bond motifs is 1. The summed E-state index contributed by atoms with van der Waals surface area (Å²) in [6, 6.07) is 7.26. The number of guanidine groups is 1. The summed E-state index contributed by atoms with van der Waals surface area (Å²) >= 11 is 0. The van der Waals surface area contributed by atoms with Crippen molar-refractivity contribution in [3.05, 3.63) is 41.7 Å². The van der Waals surface area contributed by atoms with Crippen molar-refractivity contribution in [1.82, 2.24) is 25.4 Å². The van der Waals surface area contributed by atoms with Gasteiger partial charge in [0.25, 0.3) is 0 Å². The minimum Gasteiger partial charge on any atom is -0.371 e. The van der Waals surface area contributed by atoms with Gasteiger partial charge in [0.15, 0.2) is 5.96 Å². The molecule has 32 heavy (non-hydrogen) atoms. The number of hydrogen-bond donors (Lipinski definition) is 2. The van der Waals surface area contributed by atoms with Gasteiger partial charge in [-0.1, -0.05) is 12.5 Å². The molecule has 0 bridgehead atoms. The van der Waals surface area contributed by atoms with Gasteiger partial charge in [0.2, 0.25) is 0 Å². The zero-order chi connectivity index (χ0) is 22.2. The highest BCUT2D eigenvalue weighted by Crippen LogP contribution is 2.21. The number of aryl methyl sites for hydroxylation is 2. The molecule has 1 fully saturated rings. The lowest BCUT2D eigenvalue weighted by Gasteiger charge is -2.34. The van der Waals surface area contributed by atoms with E-state index < -0.39 is 0 Å². The first-order chi connectivity index (χ1) is 15.7. The molecule has 0 unspecified atom stereocenters. The Hall–Kier alpha value is -2.64. The predicted molar refractivity (Wildman–Crippen MR) is 127 cm³/mol. The molecule has 2 N–H and O–H groups in total. The number of aromatic nitrogens is 3. The van der Waals surface area contributed by atoms with Gasteiger partial charge in [-0.3, -0.25) is 4.99 Å². The van der Waals surface area contributed by atoms with Gasteiger partial charge in [0.05, 0.1) is 0 Å². The minimum atomic E-state index is -0.175. The van der Waals surface area contributed by atoms with Crippen LogP contribution >= 0.6 is 0 Å². The molecule has 0 atom stereocenters. The zero-order valence-electron chi connectivity index (χ0n) is 19.2. The molecule has 1 aromatic carbocycles. The number of rotatable bonds is 7. The van der Waals surface area contributed by atoms with Crippen molar-refractivity contribution in [1.29, 1.82) is 0 Å². The quantitative estimate of drug-likeness (QED) is 0.392. The van der Waals surface area contributed by atoms with Crippen molar-refractivity contribution in [2.24, 2.45) is 4.99 Å². The Balaban J connectivity index is 1.24. The molecule has 4 rings (SSSR count). The van der Waals surface area contributed by atoms with Crippen molar-refractivity contribution < 1.29 is 4.39 Å². The van der Waals surface area contributed by atoms with E-state index in [2.05, 4.69) is 37.2 Å². The largest absolute Gasteiger partial charge is 0.371 e. The highest BCUT2D eigenvalue weighted by atomic mass is 19.1. The van der Waals surface area contributed by atoms with E-state index in [1.54, 1.807) is 12.1 Å². The van der Waals surface area contributed by atoms with E-state index in [4.69, 9.17) is 4.99 Å². The van der Waals surface area contributed by atoms with Crippen LogP contribution < -0.4 is 15.5 Å². The summed E-state index contributed by atoms with van der Waals surface area (Å²) in [7, 11) is 0. The van der Waals surface area contributed by atoms with Crippen molar-refractivity contribution in [3.8, 4) is 0 Å². The van der Waals surface area contributed by atoms with E-state index in [1.165, 1.54) is 25.3 Å². The number of aliphatic imine (C=N–C) groups is 1. The molecule has 1 saturated heterocycles. The molecular weight excluding hydrogens is 405 g/mol. The topological polar surface area (TPSA) is 70.4 Å². The predicted octanol–water partition coefficient (Wildman–Crippen LogP) is 3.30.